The van der Waals surface area contributed by atoms with E-state index >= 15 is 0 Å². The van der Waals surface area contributed by atoms with E-state index < -0.39 is 9.84 Å². The van der Waals surface area contributed by atoms with Crippen LogP contribution < -0.4 is 5.32 Å². The number of hydrogen-bond acceptors (Lipinski definition) is 4. The van der Waals surface area contributed by atoms with Crippen LogP contribution in [0.2, 0.25) is 0 Å². The molecule has 0 bridgehead atoms. The molecule has 0 aromatic heterocycles. The van der Waals surface area contributed by atoms with Gasteiger partial charge >= 0.3 is 0 Å². The molecule has 1 aliphatic heterocycles. The third-order valence-corrected chi connectivity index (χ3v) is 5.45. The first-order valence-electron chi connectivity index (χ1n) is 7.93. The maximum Gasteiger partial charge on any atom is 0.147 e. The number of hydrogen-bond donors (Lipinski definition) is 1. The molecular weight excluding hydrogens is 272 g/mol. The first-order valence-corrected chi connectivity index (χ1v) is 9.99. The summed E-state index contributed by atoms with van der Waals surface area (Å²) in [4.78, 5) is 2.56. The number of likely N-dealkylation sites (tertiary alicyclic amines) is 1. The molecule has 1 heterocycles. The Labute approximate surface area is 125 Å². The molecule has 1 unspecified atom stereocenters. The van der Waals surface area contributed by atoms with Crippen molar-refractivity contribution in [2.45, 2.75) is 64.5 Å². The van der Waals surface area contributed by atoms with E-state index in [1.165, 1.54) is 32.2 Å². The van der Waals surface area contributed by atoms with E-state index in [-0.39, 0.29) is 5.54 Å². The molecule has 1 N–H and O–H groups in total. The second-order valence-electron chi connectivity index (χ2n) is 6.63. The van der Waals surface area contributed by atoms with E-state index in [0.717, 1.165) is 25.8 Å². The summed E-state index contributed by atoms with van der Waals surface area (Å²) < 4.78 is 22.6. The zero-order valence-electron chi connectivity index (χ0n) is 13.6. The summed E-state index contributed by atoms with van der Waals surface area (Å²) in [5.41, 5.74) is 0.100. The van der Waals surface area contributed by atoms with Gasteiger partial charge < -0.3 is 5.32 Å². The molecule has 1 rings (SSSR count). The predicted molar refractivity (Wildman–Crippen MR) is 85.9 cm³/mol. The van der Waals surface area contributed by atoms with Crippen molar-refractivity contribution in [3.63, 3.8) is 0 Å². The molecule has 0 aromatic rings. The highest BCUT2D eigenvalue weighted by Crippen LogP contribution is 2.26. The smallest absolute Gasteiger partial charge is 0.147 e. The van der Waals surface area contributed by atoms with Gasteiger partial charge in [-0.15, -0.1) is 0 Å². The van der Waals surface area contributed by atoms with E-state index in [4.69, 9.17) is 0 Å². The molecule has 1 saturated heterocycles. The Balaban J connectivity index is 2.61. The molecule has 0 radical (unpaired) electrons. The molecule has 120 valence electrons. The summed E-state index contributed by atoms with van der Waals surface area (Å²) in [5.74, 6) is 0.299. The maximum atomic E-state index is 11.3. The average molecular weight is 305 g/mol. The molecule has 0 saturated carbocycles. The number of nitrogens with one attached hydrogen (secondary N) is 1. The van der Waals surface area contributed by atoms with Gasteiger partial charge in [-0.05, 0) is 65.6 Å². The van der Waals surface area contributed by atoms with E-state index in [9.17, 15) is 8.42 Å². The Morgan fingerprint density at radius 2 is 1.85 bits per heavy atom. The van der Waals surface area contributed by atoms with Crippen LogP contribution in [0, 0.1) is 0 Å². The van der Waals surface area contributed by atoms with Crippen LogP contribution in [0.3, 0.4) is 0 Å². The van der Waals surface area contributed by atoms with Gasteiger partial charge in [0, 0.05) is 23.6 Å². The highest BCUT2D eigenvalue weighted by Gasteiger charge is 2.36. The third-order valence-electron chi connectivity index (χ3n) is 4.42. The first-order chi connectivity index (χ1) is 9.27. The largest absolute Gasteiger partial charge is 0.312 e. The Morgan fingerprint density at radius 1 is 1.25 bits per heavy atom. The second-order valence-corrected chi connectivity index (χ2v) is 8.89. The molecule has 1 aliphatic rings. The van der Waals surface area contributed by atoms with Crippen molar-refractivity contribution < 1.29 is 8.42 Å². The summed E-state index contributed by atoms with van der Waals surface area (Å²) in [5, 5.41) is 3.64. The average Bonchev–Trinajstić information content (AvgIpc) is 2.86. The highest BCUT2D eigenvalue weighted by atomic mass is 32.2. The molecule has 0 spiro atoms. The molecule has 1 atom stereocenters. The minimum absolute atomic E-state index is 0.100. The highest BCUT2D eigenvalue weighted by molar-refractivity contribution is 7.90. The molecule has 20 heavy (non-hydrogen) atoms. The molecule has 0 amide bonds. The van der Waals surface area contributed by atoms with E-state index in [1.54, 1.807) is 0 Å². The topological polar surface area (TPSA) is 49.4 Å². The first kappa shape index (κ1) is 17.9. The summed E-state index contributed by atoms with van der Waals surface area (Å²) >= 11 is 0. The Bertz CT molecular complexity index is 373. The van der Waals surface area contributed by atoms with Gasteiger partial charge in [-0.3, -0.25) is 4.90 Å². The van der Waals surface area contributed by atoms with Crippen molar-refractivity contribution >= 4 is 9.84 Å². The zero-order chi connectivity index (χ0) is 15.2. The fourth-order valence-corrected chi connectivity index (χ4v) is 3.78. The van der Waals surface area contributed by atoms with Crippen molar-refractivity contribution in [3.05, 3.63) is 0 Å². The monoisotopic (exact) mass is 304 g/mol. The van der Waals surface area contributed by atoms with E-state index in [1.807, 2.05) is 0 Å². The third kappa shape index (κ3) is 5.70. The van der Waals surface area contributed by atoms with E-state index in [0.29, 0.717) is 11.8 Å². The summed E-state index contributed by atoms with van der Waals surface area (Å²) in [7, 11) is -2.85. The lowest BCUT2D eigenvalue weighted by Crippen LogP contribution is -2.57. The van der Waals surface area contributed by atoms with Crippen LogP contribution in [0.15, 0.2) is 0 Å². The van der Waals surface area contributed by atoms with Gasteiger partial charge in [-0.2, -0.15) is 0 Å². The lowest BCUT2D eigenvalue weighted by molar-refractivity contribution is 0.102. The van der Waals surface area contributed by atoms with Gasteiger partial charge in [0.15, 0.2) is 0 Å². The number of nitrogens with zero attached hydrogens (tertiary/aromatic N) is 1. The van der Waals surface area contributed by atoms with Gasteiger partial charge in [-0.1, -0.05) is 6.92 Å². The maximum absolute atomic E-state index is 11.3. The van der Waals surface area contributed by atoms with Crippen LogP contribution in [0.1, 0.15) is 52.9 Å². The predicted octanol–water partition coefficient (Wildman–Crippen LogP) is 2.05. The van der Waals surface area contributed by atoms with Crippen molar-refractivity contribution in [3.8, 4) is 0 Å². The van der Waals surface area contributed by atoms with Crippen molar-refractivity contribution in [2.24, 2.45) is 0 Å². The van der Waals surface area contributed by atoms with Crippen molar-refractivity contribution in [1.82, 2.24) is 10.2 Å². The van der Waals surface area contributed by atoms with Gasteiger partial charge in [0.2, 0.25) is 0 Å². The number of rotatable bonds is 9. The minimum atomic E-state index is -2.85. The van der Waals surface area contributed by atoms with E-state index in [2.05, 4.69) is 31.0 Å². The van der Waals surface area contributed by atoms with Crippen LogP contribution in [0.5, 0.6) is 0 Å². The van der Waals surface area contributed by atoms with Crippen LogP contribution in [-0.4, -0.2) is 56.5 Å². The Hall–Kier alpha value is -0.130. The van der Waals surface area contributed by atoms with Crippen LogP contribution in [0.25, 0.3) is 0 Å². The minimum Gasteiger partial charge on any atom is -0.312 e. The molecule has 1 fully saturated rings. The normalized spacial score (nSPS) is 19.4. The zero-order valence-corrected chi connectivity index (χ0v) is 14.4. The van der Waals surface area contributed by atoms with Crippen molar-refractivity contribution in [1.29, 1.82) is 0 Å². The number of sulfone groups is 1. The second kappa shape index (κ2) is 7.76. The summed E-state index contributed by atoms with van der Waals surface area (Å²) in [6.45, 7) is 10.1. The van der Waals surface area contributed by atoms with Gasteiger partial charge in [0.1, 0.15) is 9.84 Å². The van der Waals surface area contributed by atoms with Gasteiger partial charge in [-0.25, -0.2) is 8.42 Å². The molecule has 0 aromatic carbocycles. The lowest BCUT2D eigenvalue weighted by atomic mass is 9.89. The fourth-order valence-electron chi connectivity index (χ4n) is 3.09. The van der Waals surface area contributed by atoms with Gasteiger partial charge in [0.05, 0.1) is 0 Å². The van der Waals surface area contributed by atoms with Crippen molar-refractivity contribution in [2.75, 3.05) is 31.6 Å². The Kier molecular flexibility index (Phi) is 6.95. The lowest BCUT2D eigenvalue weighted by Gasteiger charge is -2.43. The quantitative estimate of drug-likeness (QED) is 0.708. The molecule has 0 aliphatic carbocycles. The molecule has 5 heteroatoms. The standard InChI is InChI=1S/C15H32N2O2S/c1-5-10-16-14(9-8-13-20(4,18)19)15(2,3)17-11-6-7-12-17/h14,16H,5-13H2,1-4H3. The molecular formula is C15H32N2O2S. The van der Waals surface area contributed by atoms with Gasteiger partial charge in [0.25, 0.3) is 0 Å². The summed E-state index contributed by atoms with van der Waals surface area (Å²) in [6, 6.07) is 0.363. The Morgan fingerprint density at radius 3 is 2.35 bits per heavy atom. The SMILES string of the molecule is CCCNC(CCCS(C)(=O)=O)C(C)(C)N1CCCC1. The molecule has 4 nitrogen and oxygen atoms in total. The summed E-state index contributed by atoms with van der Waals surface area (Å²) in [6.07, 6.45) is 6.68. The van der Waals surface area contributed by atoms with Crippen LogP contribution in [0.4, 0.5) is 0 Å². The van der Waals surface area contributed by atoms with Crippen LogP contribution in [-0.2, 0) is 9.84 Å². The van der Waals surface area contributed by atoms with Crippen LogP contribution >= 0.6 is 0 Å². The fraction of sp³-hybridized carbons (Fsp3) is 1.00.